The molecular weight excluding hydrogens is 115 g/mol. The minimum atomic E-state index is -1.20. The van der Waals surface area contributed by atoms with E-state index in [1.165, 1.54) is 0 Å². The fourth-order valence-electron chi connectivity index (χ4n) is 0.704. The van der Waals surface area contributed by atoms with Crippen LogP contribution in [0.1, 0.15) is 33.6 Å². The fourth-order valence-corrected chi connectivity index (χ4v) is 0.704. The molecule has 0 aromatic heterocycles. The van der Waals surface area contributed by atoms with Gasteiger partial charge < -0.3 is 0 Å². The highest BCUT2D eigenvalue weighted by Crippen LogP contribution is 2.25. The van der Waals surface area contributed by atoms with Crippen molar-refractivity contribution in [3.05, 3.63) is 6.92 Å². The molecule has 0 rings (SSSR count). The van der Waals surface area contributed by atoms with E-state index in [2.05, 4.69) is 6.92 Å². The zero-order valence-corrected chi connectivity index (χ0v) is 6.58. The molecule has 0 aromatic carbocycles. The monoisotopic (exact) mass is 131 g/mol. The lowest BCUT2D eigenvalue weighted by atomic mass is 9.90. The first-order valence-electron chi connectivity index (χ1n) is 3.55. The molecule has 0 saturated heterocycles. The Hall–Kier alpha value is -0.0700. The van der Waals surface area contributed by atoms with Crippen LogP contribution in [0.3, 0.4) is 0 Å². The van der Waals surface area contributed by atoms with E-state index in [9.17, 15) is 4.39 Å². The van der Waals surface area contributed by atoms with Crippen molar-refractivity contribution in [2.75, 3.05) is 0 Å². The number of hydrogen-bond acceptors (Lipinski definition) is 0. The maximum Gasteiger partial charge on any atom is 0.113 e. The molecule has 1 radical (unpaired) electrons. The van der Waals surface area contributed by atoms with Crippen LogP contribution in [0.5, 0.6) is 0 Å². The lowest BCUT2D eigenvalue weighted by Gasteiger charge is -2.23. The molecule has 0 heterocycles. The quantitative estimate of drug-likeness (QED) is 0.552. The van der Waals surface area contributed by atoms with Gasteiger partial charge in [-0.25, -0.2) is 4.39 Å². The van der Waals surface area contributed by atoms with Crippen LogP contribution in [0.15, 0.2) is 0 Å². The number of rotatable bonds is 3. The highest BCUT2D eigenvalue weighted by atomic mass is 19.1. The first-order chi connectivity index (χ1) is 4.00. The van der Waals surface area contributed by atoms with Crippen molar-refractivity contribution in [2.24, 2.45) is 5.92 Å². The summed E-state index contributed by atoms with van der Waals surface area (Å²) in [6, 6.07) is 0. The van der Waals surface area contributed by atoms with Crippen molar-refractivity contribution in [1.82, 2.24) is 0 Å². The fraction of sp³-hybridized carbons (Fsp3) is 0.875. The lowest BCUT2D eigenvalue weighted by molar-refractivity contribution is 0.142. The van der Waals surface area contributed by atoms with Gasteiger partial charge in [-0.15, -0.1) is 0 Å². The van der Waals surface area contributed by atoms with Gasteiger partial charge in [0.05, 0.1) is 0 Å². The maximum atomic E-state index is 13.1. The second kappa shape index (κ2) is 3.19. The summed E-state index contributed by atoms with van der Waals surface area (Å²) in [6.45, 7) is 9.19. The summed E-state index contributed by atoms with van der Waals surface area (Å²) in [5.74, 6) is 0.0393. The average Bonchev–Trinajstić information content (AvgIpc) is 1.65. The molecule has 1 unspecified atom stereocenters. The Morgan fingerprint density at radius 1 is 1.56 bits per heavy atom. The topological polar surface area (TPSA) is 0 Å². The predicted molar refractivity (Wildman–Crippen MR) is 38.9 cm³/mol. The molecule has 0 amide bonds. The maximum absolute atomic E-state index is 13.1. The average molecular weight is 131 g/mol. The van der Waals surface area contributed by atoms with Crippen LogP contribution >= 0.6 is 0 Å². The van der Waals surface area contributed by atoms with E-state index in [1.54, 1.807) is 0 Å². The summed E-state index contributed by atoms with van der Waals surface area (Å²) >= 11 is 0. The Morgan fingerprint density at radius 3 is 2.11 bits per heavy atom. The van der Waals surface area contributed by atoms with Gasteiger partial charge in [0.25, 0.3) is 0 Å². The molecule has 9 heavy (non-hydrogen) atoms. The molecule has 0 fully saturated rings. The van der Waals surface area contributed by atoms with Crippen LogP contribution in [0.25, 0.3) is 0 Å². The van der Waals surface area contributed by atoms with E-state index < -0.39 is 5.67 Å². The van der Waals surface area contributed by atoms with E-state index in [-0.39, 0.29) is 5.92 Å². The van der Waals surface area contributed by atoms with Gasteiger partial charge in [-0.2, -0.15) is 0 Å². The van der Waals surface area contributed by atoms with Crippen molar-refractivity contribution in [2.45, 2.75) is 39.3 Å². The molecule has 1 heteroatoms. The first-order valence-corrected chi connectivity index (χ1v) is 3.55. The second-order valence-corrected chi connectivity index (χ2v) is 2.94. The zero-order valence-electron chi connectivity index (χ0n) is 6.58. The van der Waals surface area contributed by atoms with Crippen LogP contribution < -0.4 is 0 Å². The van der Waals surface area contributed by atoms with E-state index in [1.807, 2.05) is 20.8 Å². The Balaban J connectivity index is 3.70. The normalized spacial score (nSPS) is 18.0. The predicted octanol–water partition coefficient (Wildman–Crippen LogP) is 2.98. The number of halogens is 1. The molecule has 0 aliphatic carbocycles. The summed E-state index contributed by atoms with van der Waals surface area (Å²) in [6.07, 6.45) is 1.45. The Bertz CT molecular complexity index is 74.6. The lowest BCUT2D eigenvalue weighted by Crippen LogP contribution is -2.25. The van der Waals surface area contributed by atoms with Crippen LogP contribution in [-0.4, -0.2) is 5.67 Å². The molecule has 0 N–H and O–H groups in total. The largest absolute Gasteiger partial charge is 0.244 e. The minimum absolute atomic E-state index is 0.0393. The highest BCUT2D eigenvalue weighted by Gasteiger charge is 2.25. The van der Waals surface area contributed by atoms with Crippen molar-refractivity contribution in [3.8, 4) is 0 Å². The van der Waals surface area contributed by atoms with Gasteiger partial charge >= 0.3 is 0 Å². The molecule has 0 aliphatic heterocycles. The summed E-state index contributed by atoms with van der Waals surface area (Å²) in [5, 5.41) is 0. The Labute approximate surface area is 57.5 Å². The van der Waals surface area contributed by atoms with Gasteiger partial charge in [0.2, 0.25) is 0 Å². The van der Waals surface area contributed by atoms with Gasteiger partial charge in [-0.1, -0.05) is 27.2 Å². The summed E-state index contributed by atoms with van der Waals surface area (Å²) in [5.41, 5.74) is -1.20. The summed E-state index contributed by atoms with van der Waals surface area (Å²) in [4.78, 5) is 0. The van der Waals surface area contributed by atoms with E-state index in [0.717, 1.165) is 6.42 Å². The Kier molecular flexibility index (Phi) is 3.16. The molecule has 0 spiro atoms. The first kappa shape index (κ1) is 8.93. The minimum Gasteiger partial charge on any atom is -0.244 e. The third-order valence-electron chi connectivity index (χ3n) is 1.70. The molecular formula is C8H16F. The molecule has 1 atom stereocenters. The standard InChI is InChI=1S/C8H16F/c1-5-6-8(4,9)7(2)3/h7H,4-6H2,1-3H3. The third kappa shape index (κ3) is 2.83. The highest BCUT2D eigenvalue weighted by molar-refractivity contribution is 4.84. The van der Waals surface area contributed by atoms with E-state index in [4.69, 9.17) is 0 Å². The van der Waals surface area contributed by atoms with Crippen LogP contribution in [0.2, 0.25) is 0 Å². The Morgan fingerprint density at radius 2 is 2.00 bits per heavy atom. The molecule has 0 aromatic rings. The number of alkyl halides is 1. The SMILES string of the molecule is [CH2]C(F)(CCC)C(C)C. The number of hydrogen-bond donors (Lipinski definition) is 0. The van der Waals surface area contributed by atoms with Gasteiger partial charge in [-0.05, 0) is 19.3 Å². The summed E-state index contributed by atoms with van der Waals surface area (Å²) in [7, 11) is 0. The van der Waals surface area contributed by atoms with Crippen molar-refractivity contribution < 1.29 is 4.39 Å². The van der Waals surface area contributed by atoms with Crippen LogP contribution in [0, 0.1) is 12.8 Å². The summed E-state index contributed by atoms with van der Waals surface area (Å²) < 4.78 is 13.1. The van der Waals surface area contributed by atoms with Crippen molar-refractivity contribution in [1.29, 1.82) is 0 Å². The van der Waals surface area contributed by atoms with Crippen molar-refractivity contribution >= 4 is 0 Å². The van der Waals surface area contributed by atoms with Crippen LogP contribution in [-0.2, 0) is 0 Å². The van der Waals surface area contributed by atoms with E-state index in [0.29, 0.717) is 6.42 Å². The third-order valence-corrected chi connectivity index (χ3v) is 1.70. The smallest absolute Gasteiger partial charge is 0.113 e. The molecule has 0 saturated carbocycles. The van der Waals surface area contributed by atoms with Gasteiger partial charge in [0.15, 0.2) is 0 Å². The van der Waals surface area contributed by atoms with Crippen LogP contribution in [0.4, 0.5) is 4.39 Å². The van der Waals surface area contributed by atoms with Gasteiger partial charge in [0.1, 0.15) is 5.67 Å². The van der Waals surface area contributed by atoms with Crippen molar-refractivity contribution in [3.63, 3.8) is 0 Å². The second-order valence-electron chi connectivity index (χ2n) is 2.94. The zero-order chi connectivity index (χ0) is 7.49. The molecule has 55 valence electrons. The molecule has 0 bridgehead atoms. The van der Waals surface area contributed by atoms with Gasteiger partial charge in [-0.3, -0.25) is 0 Å². The van der Waals surface area contributed by atoms with Gasteiger partial charge in [0, 0.05) is 0 Å². The molecule has 0 nitrogen and oxygen atoms in total. The molecule has 0 aliphatic rings. The van der Waals surface area contributed by atoms with E-state index >= 15 is 0 Å².